The SMILES string of the molecule is COC(=O)c1ccc(CC2SC(c3cc(C)cc(Nc4nccc(C(F)(F)F)n4)c3)=C(F)N2F)cc1. The Morgan fingerprint density at radius 3 is 2.56 bits per heavy atom. The van der Waals surface area contributed by atoms with Gasteiger partial charge < -0.3 is 10.1 Å². The number of nitrogens with zero attached hydrogens (tertiary/aromatic N) is 3. The molecule has 1 aliphatic rings. The number of hydrogen-bond acceptors (Lipinski definition) is 7. The third-order valence-corrected chi connectivity index (χ3v) is 6.47. The lowest BCUT2D eigenvalue weighted by atomic mass is 10.1. The molecular formula is C24H19F5N4O2S. The highest BCUT2D eigenvalue weighted by Crippen LogP contribution is 2.46. The van der Waals surface area contributed by atoms with E-state index in [1.165, 1.54) is 13.2 Å². The van der Waals surface area contributed by atoms with Crippen molar-refractivity contribution < 1.29 is 31.6 Å². The van der Waals surface area contributed by atoms with Crippen molar-refractivity contribution in [3.8, 4) is 0 Å². The number of nitrogens with one attached hydrogen (secondary N) is 1. The fraction of sp³-hybridized carbons (Fsp3) is 0.208. The second-order valence-electron chi connectivity index (χ2n) is 7.87. The highest BCUT2D eigenvalue weighted by molar-refractivity contribution is 8.09. The number of rotatable bonds is 6. The van der Waals surface area contributed by atoms with E-state index in [-0.39, 0.29) is 22.4 Å². The van der Waals surface area contributed by atoms with E-state index in [1.807, 2.05) is 0 Å². The van der Waals surface area contributed by atoms with Gasteiger partial charge in [0.1, 0.15) is 11.1 Å². The van der Waals surface area contributed by atoms with Crippen LogP contribution < -0.4 is 5.32 Å². The summed E-state index contributed by atoms with van der Waals surface area (Å²) in [5, 5.41) is 1.84. The van der Waals surface area contributed by atoms with E-state index >= 15 is 0 Å². The van der Waals surface area contributed by atoms with E-state index in [9.17, 15) is 26.8 Å². The van der Waals surface area contributed by atoms with Crippen molar-refractivity contribution >= 4 is 34.3 Å². The number of carbonyl (C=O) groups is 1. The maximum Gasteiger partial charge on any atom is 0.433 e. The molecular weight excluding hydrogens is 503 g/mol. The molecule has 2 heterocycles. The summed E-state index contributed by atoms with van der Waals surface area (Å²) in [6.45, 7) is 1.72. The molecule has 2 aromatic carbocycles. The van der Waals surface area contributed by atoms with E-state index in [0.717, 1.165) is 24.0 Å². The maximum absolute atomic E-state index is 14.9. The molecule has 6 nitrogen and oxygen atoms in total. The highest BCUT2D eigenvalue weighted by atomic mass is 32.2. The average Bonchev–Trinajstić information content (AvgIpc) is 3.12. The molecule has 3 aromatic rings. The molecule has 36 heavy (non-hydrogen) atoms. The highest BCUT2D eigenvalue weighted by Gasteiger charge is 2.35. The summed E-state index contributed by atoms with van der Waals surface area (Å²) in [5.74, 6) is -1.85. The number of thioether (sulfide) groups is 1. The Balaban J connectivity index is 1.53. The normalized spacial score (nSPS) is 15.9. The molecule has 1 unspecified atom stereocenters. The van der Waals surface area contributed by atoms with Crippen molar-refractivity contribution in [2.45, 2.75) is 24.9 Å². The number of benzene rings is 2. The number of ether oxygens (including phenoxy) is 1. The van der Waals surface area contributed by atoms with Crippen molar-refractivity contribution in [2.75, 3.05) is 12.4 Å². The van der Waals surface area contributed by atoms with Crippen LogP contribution in [0.1, 0.15) is 32.7 Å². The topological polar surface area (TPSA) is 67.3 Å². The Morgan fingerprint density at radius 2 is 1.89 bits per heavy atom. The summed E-state index contributed by atoms with van der Waals surface area (Å²) in [7, 11) is 1.27. The Hall–Kier alpha value is -3.67. The number of aryl methyl sites for hydroxylation is 1. The summed E-state index contributed by atoms with van der Waals surface area (Å²) in [6, 6.07) is 11.9. The molecule has 12 heteroatoms. The minimum absolute atomic E-state index is 0.0412. The van der Waals surface area contributed by atoms with E-state index in [1.54, 1.807) is 43.3 Å². The molecule has 0 saturated carbocycles. The maximum atomic E-state index is 14.9. The van der Waals surface area contributed by atoms with E-state index in [0.29, 0.717) is 27.9 Å². The third kappa shape index (κ3) is 5.59. The van der Waals surface area contributed by atoms with Gasteiger partial charge in [0, 0.05) is 18.3 Å². The van der Waals surface area contributed by atoms with Crippen LogP contribution in [0.2, 0.25) is 0 Å². The molecule has 1 atom stereocenters. The van der Waals surface area contributed by atoms with Gasteiger partial charge in [-0.05, 0) is 53.9 Å². The van der Waals surface area contributed by atoms with Crippen LogP contribution in [0.25, 0.3) is 4.91 Å². The Kier molecular flexibility index (Phi) is 7.16. The van der Waals surface area contributed by atoms with E-state index in [2.05, 4.69) is 20.0 Å². The van der Waals surface area contributed by atoms with Gasteiger partial charge in [-0.15, -0.1) is 0 Å². The van der Waals surface area contributed by atoms with Gasteiger partial charge in [0.2, 0.25) is 11.9 Å². The molecule has 0 radical (unpaired) electrons. The number of anilines is 2. The number of aromatic nitrogens is 2. The van der Waals surface area contributed by atoms with Gasteiger partial charge in [-0.25, -0.2) is 14.8 Å². The molecule has 1 N–H and O–H groups in total. The van der Waals surface area contributed by atoms with Crippen LogP contribution in [0.4, 0.5) is 33.7 Å². The lowest BCUT2D eigenvalue weighted by Gasteiger charge is -2.15. The van der Waals surface area contributed by atoms with Crippen LogP contribution in [0.3, 0.4) is 0 Å². The lowest BCUT2D eigenvalue weighted by molar-refractivity contribution is -0.141. The van der Waals surface area contributed by atoms with Gasteiger partial charge in [0.25, 0.3) is 0 Å². The molecule has 0 saturated heterocycles. The molecule has 188 valence electrons. The number of esters is 1. The van der Waals surface area contributed by atoms with Crippen molar-refractivity contribution in [1.82, 2.24) is 15.1 Å². The summed E-state index contributed by atoms with van der Waals surface area (Å²) >= 11 is 0.975. The van der Waals surface area contributed by atoms with Crippen LogP contribution in [0.15, 0.2) is 60.7 Å². The smallest absolute Gasteiger partial charge is 0.433 e. The molecule has 0 amide bonds. The van der Waals surface area contributed by atoms with Crippen LogP contribution in [-0.2, 0) is 17.3 Å². The van der Waals surface area contributed by atoms with Crippen LogP contribution in [-0.4, -0.2) is 33.5 Å². The number of methoxy groups -OCH3 is 1. The number of carbonyl (C=O) groups excluding carboxylic acids is 1. The van der Waals surface area contributed by atoms with E-state index < -0.39 is 29.2 Å². The first-order chi connectivity index (χ1) is 17.0. The predicted octanol–water partition coefficient (Wildman–Crippen LogP) is 6.43. The predicted molar refractivity (Wildman–Crippen MR) is 125 cm³/mol. The second kappa shape index (κ2) is 10.1. The quantitative estimate of drug-likeness (QED) is 0.173. The van der Waals surface area contributed by atoms with E-state index in [4.69, 9.17) is 0 Å². The zero-order chi connectivity index (χ0) is 26.0. The molecule has 0 spiro atoms. The van der Waals surface area contributed by atoms with Crippen molar-refractivity contribution in [2.24, 2.45) is 0 Å². The summed E-state index contributed by atoms with van der Waals surface area (Å²) in [6.07, 6.45) is -3.51. The molecule has 0 fully saturated rings. The first kappa shape index (κ1) is 25.4. The number of hydrogen-bond donors (Lipinski definition) is 1. The number of alkyl halides is 3. The first-order valence-electron chi connectivity index (χ1n) is 10.5. The Labute approximate surface area is 207 Å². The molecule has 4 rings (SSSR count). The fourth-order valence-corrected chi connectivity index (χ4v) is 4.72. The molecule has 0 aliphatic carbocycles. The lowest BCUT2D eigenvalue weighted by Crippen LogP contribution is -2.20. The van der Waals surface area contributed by atoms with Gasteiger partial charge in [-0.3, -0.25) is 0 Å². The molecule has 0 bridgehead atoms. The van der Waals surface area contributed by atoms with Gasteiger partial charge in [0.15, 0.2) is 0 Å². The number of halogens is 5. The van der Waals surface area contributed by atoms with Crippen LogP contribution in [0.5, 0.6) is 0 Å². The summed E-state index contributed by atoms with van der Waals surface area (Å²) in [5.41, 5.74) is 1.24. The Bertz CT molecular complexity index is 1310. The fourth-order valence-electron chi connectivity index (χ4n) is 3.55. The zero-order valence-corrected chi connectivity index (χ0v) is 19.8. The zero-order valence-electron chi connectivity index (χ0n) is 18.9. The van der Waals surface area contributed by atoms with Crippen molar-refractivity contribution in [3.63, 3.8) is 0 Å². The van der Waals surface area contributed by atoms with Gasteiger partial charge >= 0.3 is 12.1 Å². The van der Waals surface area contributed by atoms with Crippen LogP contribution in [0, 0.1) is 6.92 Å². The molecule has 1 aromatic heterocycles. The van der Waals surface area contributed by atoms with Gasteiger partial charge in [0.05, 0.1) is 17.6 Å². The first-order valence-corrected chi connectivity index (χ1v) is 11.4. The van der Waals surface area contributed by atoms with Gasteiger partial charge in [-0.1, -0.05) is 34.4 Å². The van der Waals surface area contributed by atoms with Crippen molar-refractivity contribution in [1.29, 1.82) is 0 Å². The summed E-state index contributed by atoms with van der Waals surface area (Å²) in [4.78, 5) is 18.9. The standard InChI is InChI=1S/C24H19F5N4O2S/c1-13-9-16(12-17(10-13)31-23-30-8-7-18(32-23)24(26,27)28)20-21(25)33(29)19(36-20)11-14-3-5-15(6-4-14)22(34)35-2/h3-10,12,19H,11H2,1-2H3,(H,30,31,32). The average molecular weight is 522 g/mol. The Morgan fingerprint density at radius 1 is 1.17 bits per heavy atom. The monoisotopic (exact) mass is 522 g/mol. The van der Waals surface area contributed by atoms with Crippen LogP contribution >= 0.6 is 11.8 Å². The third-order valence-electron chi connectivity index (χ3n) is 5.21. The minimum Gasteiger partial charge on any atom is -0.465 e. The van der Waals surface area contributed by atoms with Crippen molar-refractivity contribution in [3.05, 3.63) is 88.6 Å². The van der Waals surface area contributed by atoms with Gasteiger partial charge in [-0.2, -0.15) is 22.7 Å². The largest absolute Gasteiger partial charge is 0.465 e. The minimum atomic E-state index is -4.63. The second-order valence-corrected chi connectivity index (χ2v) is 9.06. The summed E-state index contributed by atoms with van der Waals surface area (Å²) < 4.78 is 73.1. The molecule has 1 aliphatic heterocycles.